The molecule has 1 aromatic rings. The topological polar surface area (TPSA) is 50.1 Å². The highest BCUT2D eigenvalue weighted by Crippen LogP contribution is 2.03. The van der Waals surface area contributed by atoms with Crippen LogP contribution in [-0.2, 0) is 0 Å². The van der Waals surface area contributed by atoms with E-state index in [2.05, 4.69) is 10.9 Å². The van der Waals surface area contributed by atoms with Crippen LogP contribution < -0.4 is 16.6 Å². The molecule has 0 amide bonds. The summed E-state index contributed by atoms with van der Waals surface area (Å²) in [4.78, 5) is 0. The summed E-state index contributed by atoms with van der Waals surface area (Å²) in [5, 5.41) is 0. The average Bonchev–Trinajstić information content (AvgIpc) is 2.30. The van der Waals surface area contributed by atoms with Crippen molar-refractivity contribution in [2.24, 2.45) is 5.73 Å². The fourth-order valence-corrected chi connectivity index (χ4v) is 0.786. The van der Waals surface area contributed by atoms with Crippen LogP contribution in [0, 0.1) is 0 Å². The van der Waals surface area contributed by atoms with E-state index in [1.807, 2.05) is 58.0 Å². The maximum atomic E-state index is 5.58. The fraction of sp³-hybridized carbons (Fsp3) is 0.333. The number of hydrogen-bond acceptors (Lipinski definition) is 3. The van der Waals surface area contributed by atoms with Gasteiger partial charge < -0.3 is 16.6 Å². The molecule has 0 saturated heterocycles. The molecular formula is C12H21N3. The molecule has 0 fully saturated rings. The molecule has 3 nitrogen and oxygen atoms in total. The molecule has 0 aromatic heterocycles. The summed E-state index contributed by atoms with van der Waals surface area (Å²) in [6, 6.07) is 9.87. The molecule has 0 aliphatic carbocycles. The first-order valence-electron chi connectivity index (χ1n) is 5.20. The summed E-state index contributed by atoms with van der Waals surface area (Å²) in [7, 11) is 0. The van der Waals surface area contributed by atoms with Crippen molar-refractivity contribution < 1.29 is 0 Å². The SMILES string of the molecule is C/C(N)=C(\C)NNc1ccccc1.CC. The number of rotatable bonds is 3. The van der Waals surface area contributed by atoms with E-state index < -0.39 is 0 Å². The Morgan fingerprint density at radius 1 is 1.07 bits per heavy atom. The van der Waals surface area contributed by atoms with Crippen molar-refractivity contribution in [3.8, 4) is 0 Å². The molecule has 0 aliphatic rings. The van der Waals surface area contributed by atoms with Gasteiger partial charge >= 0.3 is 0 Å². The van der Waals surface area contributed by atoms with Gasteiger partial charge in [-0.2, -0.15) is 0 Å². The molecule has 0 unspecified atom stereocenters. The molecule has 4 N–H and O–H groups in total. The van der Waals surface area contributed by atoms with Crippen molar-refractivity contribution >= 4 is 5.69 Å². The molecule has 1 aromatic carbocycles. The Balaban J connectivity index is 0.000000921. The minimum atomic E-state index is 0.781. The first kappa shape index (κ1) is 13.4. The quantitative estimate of drug-likeness (QED) is 0.668. The van der Waals surface area contributed by atoms with E-state index in [1.54, 1.807) is 0 Å². The number of nitrogens with one attached hydrogen (secondary N) is 2. The Morgan fingerprint density at radius 3 is 2.07 bits per heavy atom. The van der Waals surface area contributed by atoms with Gasteiger partial charge in [-0.1, -0.05) is 32.0 Å². The summed E-state index contributed by atoms with van der Waals surface area (Å²) in [5.74, 6) is 0. The van der Waals surface area contributed by atoms with Crippen LogP contribution in [0.25, 0.3) is 0 Å². The lowest BCUT2D eigenvalue weighted by molar-refractivity contribution is 0.926. The second-order valence-corrected chi connectivity index (χ2v) is 2.92. The van der Waals surface area contributed by atoms with Crippen LogP contribution in [0.2, 0.25) is 0 Å². The smallest absolute Gasteiger partial charge is 0.0539 e. The lowest BCUT2D eigenvalue weighted by Crippen LogP contribution is -2.21. The average molecular weight is 207 g/mol. The zero-order valence-corrected chi connectivity index (χ0v) is 9.96. The minimum Gasteiger partial charge on any atom is -0.401 e. The third-order valence-electron chi connectivity index (χ3n) is 1.76. The summed E-state index contributed by atoms with van der Waals surface area (Å²) in [6.45, 7) is 7.78. The predicted molar refractivity (Wildman–Crippen MR) is 67.1 cm³/mol. The number of anilines is 1. The monoisotopic (exact) mass is 207 g/mol. The summed E-state index contributed by atoms with van der Waals surface area (Å²) >= 11 is 0. The van der Waals surface area contributed by atoms with Gasteiger partial charge in [-0.05, 0) is 26.0 Å². The van der Waals surface area contributed by atoms with Crippen LogP contribution in [0.4, 0.5) is 5.69 Å². The largest absolute Gasteiger partial charge is 0.401 e. The van der Waals surface area contributed by atoms with Crippen molar-refractivity contribution in [2.75, 3.05) is 5.43 Å². The number of para-hydroxylation sites is 1. The molecular weight excluding hydrogens is 186 g/mol. The fourth-order valence-electron chi connectivity index (χ4n) is 0.786. The number of nitrogens with two attached hydrogens (primary N) is 1. The zero-order valence-electron chi connectivity index (χ0n) is 9.96. The third kappa shape index (κ3) is 5.62. The molecule has 0 heterocycles. The van der Waals surface area contributed by atoms with Crippen LogP contribution in [0.3, 0.4) is 0 Å². The standard InChI is InChI=1S/C10H15N3.C2H6/c1-8(11)9(2)12-13-10-6-4-3-5-7-10;1-2/h3-7,12-13H,11H2,1-2H3;1-2H3/b9-8-;. The van der Waals surface area contributed by atoms with Crippen molar-refractivity contribution in [2.45, 2.75) is 27.7 Å². The van der Waals surface area contributed by atoms with E-state index in [4.69, 9.17) is 5.73 Å². The van der Waals surface area contributed by atoms with Crippen LogP contribution in [0.1, 0.15) is 27.7 Å². The third-order valence-corrected chi connectivity index (χ3v) is 1.76. The van der Waals surface area contributed by atoms with Gasteiger partial charge in [0.15, 0.2) is 0 Å². The Kier molecular flexibility index (Phi) is 6.89. The van der Waals surface area contributed by atoms with Crippen molar-refractivity contribution in [3.63, 3.8) is 0 Å². The Hall–Kier alpha value is -1.64. The second-order valence-electron chi connectivity index (χ2n) is 2.92. The number of hydrogen-bond donors (Lipinski definition) is 3. The molecule has 3 heteroatoms. The molecule has 0 spiro atoms. The number of allylic oxidation sites excluding steroid dienone is 2. The first-order valence-corrected chi connectivity index (χ1v) is 5.20. The molecule has 0 aliphatic heterocycles. The normalized spacial score (nSPS) is 10.7. The van der Waals surface area contributed by atoms with Gasteiger partial charge in [0, 0.05) is 11.4 Å². The lowest BCUT2D eigenvalue weighted by atomic mass is 10.3. The van der Waals surface area contributed by atoms with Gasteiger partial charge in [0.05, 0.1) is 5.69 Å². The highest BCUT2D eigenvalue weighted by molar-refractivity contribution is 5.41. The van der Waals surface area contributed by atoms with Gasteiger partial charge in [-0.3, -0.25) is 0 Å². The second kappa shape index (κ2) is 7.74. The highest BCUT2D eigenvalue weighted by atomic mass is 15.4. The van der Waals surface area contributed by atoms with E-state index in [-0.39, 0.29) is 0 Å². The van der Waals surface area contributed by atoms with Crippen molar-refractivity contribution in [1.29, 1.82) is 0 Å². The number of hydrazine groups is 1. The van der Waals surface area contributed by atoms with Gasteiger partial charge in [0.2, 0.25) is 0 Å². The lowest BCUT2D eigenvalue weighted by Gasteiger charge is -2.10. The van der Waals surface area contributed by atoms with Crippen LogP contribution in [-0.4, -0.2) is 0 Å². The minimum absolute atomic E-state index is 0.781. The molecule has 0 saturated carbocycles. The molecule has 0 atom stereocenters. The molecule has 0 radical (unpaired) electrons. The highest BCUT2D eigenvalue weighted by Gasteiger charge is 1.90. The van der Waals surface area contributed by atoms with E-state index in [0.717, 1.165) is 17.1 Å². The van der Waals surface area contributed by atoms with Crippen molar-refractivity contribution in [1.82, 2.24) is 5.43 Å². The zero-order chi connectivity index (χ0) is 11.7. The summed E-state index contributed by atoms with van der Waals surface area (Å²) < 4.78 is 0. The molecule has 0 bridgehead atoms. The summed E-state index contributed by atoms with van der Waals surface area (Å²) in [6.07, 6.45) is 0. The Morgan fingerprint density at radius 2 is 1.60 bits per heavy atom. The predicted octanol–water partition coefficient (Wildman–Crippen LogP) is 2.84. The van der Waals surface area contributed by atoms with Crippen LogP contribution in [0.15, 0.2) is 41.7 Å². The molecule has 15 heavy (non-hydrogen) atoms. The Labute approximate surface area is 92.3 Å². The van der Waals surface area contributed by atoms with Gasteiger partial charge in [0.1, 0.15) is 0 Å². The van der Waals surface area contributed by atoms with Gasteiger partial charge in [-0.15, -0.1) is 0 Å². The number of benzene rings is 1. The van der Waals surface area contributed by atoms with Gasteiger partial charge in [-0.25, -0.2) is 0 Å². The van der Waals surface area contributed by atoms with E-state index in [9.17, 15) is 0 Å². The maximum absolute atomic E-state index is 5.58. The van der Waals surface area contributed by atoms with E-state index in [1.165, 1.54) is 0 Å². The summed E-state index contributed by atoms with van der Waals surface area (Å²) in [5.41, 5.74) is 14.3. The molecule has 1 rings (SSSR count). The first-order chi connectivity index (χ1) is 7.20. The Bertz CT molecular complexity index is 287. The van der Waals surface area contributed by atoms with E-state index >= 15 is 0 Å². The van der Waals surface area contributed by atoms with E-state index in [0.29, 0.717) is 0 Å². The van der Waals surface area contributed by atoms with Crippen LogP contribution in [0.5, 0.6) is 0 Å². The van der Waals surface area contributed by atoms with Crippen molar-refractivity contribution in [3.05, 3.63) is 41.7 Å². The maximum Gasteiger partial charge on any atom is 0.0539 e. The van der Waals surface area contributed by atoms with Gasteiger partial charge in [0.25, 0.3) is 0 Å². The molecule has 84 valence electrons. The van der Waals surface area contributed by atoms with Crippen LogP contribution >= 0.6 is 0 Å².